The lowest BCUT2D eigenvalue weighted by Gasteiger charge is -2.34. The van der Waals surface area contributed by atoms with Crippen LogP contribution in [0.1, 0.15) is 55.9 Å². The van der Waals surface area contributed by atoms with E-state index in [1.165, 1.54) is 6.20 Å². The number of nitrogens with zero attached hydrogens (tertiary/aromatic N) is 6. The summed E-state index contributed by atoms with van der Waals surface area (Å²) in [7, 11) is -3.58. The number of hydrogen-bond donors (Lipinski definition) is 1. The van der Waals surface area contributed by atoms with Crippen molar-refractivity contribution in [2.45, 2.75) is 75.5 Å². The molecule has 1 atom stereocenters. The number of aryl methyl sites for hydroxylation is 2. The van der Waals surface area contributed by atoms with Crippen LogP contribution in [0.3, 0.4) is 0 Å². The minimum atomic E-state index is -3.58. The normalized spacial score (nSPS) is 20.7. The molecule has 3 heterocycles. The minimum Gasteiger partial charge on any atom is -0.348 e. The summed E-state index contributed by atoms with van der Waals surface area (Å²) in [5.41, 5.74) is 0.303. The van der Waals surface area contributed by atoms with Crippen LogP contribution >= 0.6 is 0 Å². The van der Waals surface area contributed by atoms with Gasteiger partial charge in [0.15, 0.2) is 5.69 Å². The maximum Gasteiger partial charge on any atom is 0.273 e. The van der Waals surface area contributed by atoms with E-state index < -0.39 is 10.0 Å². The minimum absolute atomic E-state index is 0.105. The van der Waals surface area contributed by atoms with E-state index in [0.717, 1.165) is 32.1 Å². The molecule has 1 aliphatic heterocycles. The lowest BCUT2D eigenvalue weighted by atomic mass is 10.0. The molecule has 0 spiro atoms. The van der Waals surface area contributed by atoms with E-state index >= 15 is 0 Å². The van der Waals surface area contributed by atoms with E-state index in [-0.39, 0.29) is 22.9 Å². The lowest BCUT2D eigenvalue weighted by molar-refractivity contribution is 0.0946. The predicted octanol–water partition coefficient (Wildman–Crippen LogP) is 1.02. The number of carbonyl (C=O) groups excluding carboxylic acids is 1. The van der Waals surface area contributed by atoms with Crippen LogP contribution in [0, 0.1) is 0 Å². The molecule has 29 heavy (non-hydrogen) atoms. The van der Waals surface area contributed by atoms with Gasteiger partial charge >= 0.3 is 0 Å². The molecule has 1 unspecified atom stereocenters. The number of amides is 1. The molecule has 2 aliphatic rings. The summed E-state index contributed by atoms with van der Waals surface area (Å²) in [6.07, 6.45) is 9.95. The zero-order chi connectivity index (χ0) is 20.4. The summed E-state index contributed by atoms with van der Waals surface area (Å²) in [5.74, 6) is -0.200. The molecule has 1 saturated heterocycles. The Balaban J connectivity index is 1.41. The summed E-state index contributed by atoms with van der Waals surface area (Å²) in [4.78, 5) is 12.3. The summed E-state index contributed by atoms with van der Waals surface area (Å²) in [6, 6.07) is 0.164. The third-order valence-electron chi connectivity index (χ3n) is 5.49. The van der Waals surface area contributed by atoms with E-state index in [1.807, 2.05) is 6.92 Å². The van der Waals surface area contributed by atoms with Crippen molar-refractivity contribution in [1.82, 2.24) is 34.4 Å². The molecular weight excluding hydrogens is 394 g/mol. The topological polar surface area (TPSA) is 115 Å². The second-order valence-electron chi connectivity index (χ2n) is 7.70. The number of aromatic nitrogens is 5. The number of sulfonamides is 1. The van der Waals surface area contributed by atoms with Crippen molar-refractivity contribution in [3.8, 4) is 0 Å². The van der Waals surface area contributed by atoms with Gasteiger partial charge in [0.1, 0.15) is 4.90 Å². The van der Waals surface area contributed by atoms with Crippen molar-refractivity contribution in [1.29, 1.82) is 0 Å². The van der Waals surface area contributed by atoms with Gasteiger partial charge in [0.25, 0.3) is 5.91 Å². The third kappa shape index (κ3) is 4.50. The fraction of sp³-hybridized carbons (Fsp3) is 0.667. The standard InChI is InChI=1S/C18H27N7O3S/c1-2-23-12-16(11-19-23)29(27,28)25-9-4-3-5-15(25)8-10-24-13-17(21-22-24)18(26)20-14-6-7-14/h11-15H,2-10H2,1H3,(H,20,26). The van der Waals surface area contributed by atoms with E-state index in [9.17, 15) is 13.2 Å². The van der Waals surface area contributed by atoms with Crippen LogP contribution in [0.2, 0.25) is 0 Å². The highest BCUT2D eigenvalue weighted by molar-refractivity contribution is 7.89. The third-order valence-corrected chi connectivity index (χ3v) is 7.39. The first-order chi connectivity index (χ1) is 14.0. The zero-order valence-corrected chi connectivity index (χ0v) is 17.4. The van der Waals surface area contributed by atoms with Gasteiger partial charge in [-0.15, -0.1) is 5.10 Å². The van der Waals surface area contributed by atoms with Crippen LogP contribution in [0.25, 0.3) is 0 Å². The molecule has 1 saturated carbocycles. The Bertz CT molecular complexity index is 964. The lowest BCUT2D eigenvalue weighted by Crippen LogP contribution is -2.44. The molecular formula is C18H27N7O3S. The molecule has 4 rings (SSSR count). The molecule has 0 aromatic carbocycles. The highest BCUT2D eigenvalue weighted by Crippen LogP contribution is 2.27. The SMILES string of the molecule is CCn1cc(S(=O)(=O)N2CCCCC2CCn2cc(C(=O)NC3CC3)nn2)cn1. The first kappa shape index (κ1) is 20.0. The Morgan fingerprint density at radius 1 is 1.21 bits per heavy atom. The fourth-order valence-corrected chi connectivity index (χ4v) is 5.32. The van der Waals surface area contributed by atoms with Crippen molar-refractivity contribution in [2.75, 3.05) is 6.54 Å². The number of nitrogens with one attached hydrogen (secondary N) is 1. The molecule has 1 aliphatic carbocycles. The van der Waals surface area contributed by atoms with Gasteiger partial charge in [-0.3, -0.25) is 14.2 Å². The van der Waals surface area contributed by atoms with Crippen LogP contribution in [0.4, 0.5) is 0 Å². The first-order valence-corrected chi connectivity index (χ1v) is 11.7. The van der Waals surface area contributed by atoms with Crippen LogP contribution in [-0.2, 0) is 23.1 Å². The molecule has 2 aromatic rings. The molecule has 11 heteroatoms. The molecule has 1 amide bonds. The first-order valence-electron chi connectivity index (χ1n) is 10.2. The van der Waals surface area contributed by atoms with Crippen molar-refractivity contribution < 1.29 is 13.2 Å². The number of rotatable bonds is 8. The van der Waals surface area contributed by atoms with E-state index in [0.29, 0.717) is 31.7 Å². The van der Waals surface area contributed by atoms with Crippen LogP contribution in [0.15, 0.2) is 23.5 Å². The molecule has 158 valence electrons. The zero-order valence-electron chi connectivity index (χ0n) is 16.6. The van der Waals surface area contributed by atoms with Gasteiger partial charge in [-0.05, 0) is 39.0 Å². The summed E-state index contributed by atoms with van der Waals surface area (Å²) < 4.78 is 31.1. The molecule has 0 bridgehead atoms. The predicted molar refractivity (Wildman–Crippen MR) is 105 cm³/mol. The second kappa shape index (κ2) is 8.23. The summed E-state index contributed by atoms with van der Waals surface area (Å²) in [6.45, 7) is 3.57. The summed E-state index contributed by atoms with van der Waals surface area (Å²) in [5, 5.41) is 15.0. The molecule has 2 fully saturated rings. The average Bonchev–Trinajstić information content (AvgIpc) is 3.22. The highest BCUT2D eigenvalue weighted by Gasteiger charge is 2.34. The van der Waals surface area contributed by atoms with Gasteiger partial charge < -0.3 is 5.32 Å². The van der Waals surface area contributed by atoms with Gasteiger partial charge in [0, 0.05) is 37.9 Å². The van der Waals surface area contributed by atoms with E-state index in [4.69, 9.17) is 0 Å². The van der Waals surface area contributed by atoms with E-state index in [2.05, 4.69) is 20.7 Å². The van der Waals surface area contributed by atoms with Gasteiger partial charge in [-0.25, -0.2) is 8.42 Å². The fourth-order valence-electron chi connectivity index (χ4n) is 3.65. The monoisotopic (exact) mass is 421 g/mol. The van der Waals surface area contributed by atoms with Gasteiger partial charge in [-0.1, -0.05) is 11.6 Å². The van der Waals surface area contributed by atoms with Gasteiger partial charge in [-0.2, -0.15) is 9.40 Å². The number of carbonyl (C=O) groups is 1. The van der Waals surface area contributed by atoms with Crippen LogP contribution < -0.4 is 5.32 Å². The Hall–Kier alpha value is -2.27. The Kier molecular flexibility index (Phi) is 5.68. The second-order valence-corrected chi connectivity index (χ2v) is 9.59. The molecule has 1 N–H and O–H groups in total. The Morgan fingerprint density at radius 3 is 2.76 bits per heavy atom. The van der Waals surface area contributed by atoms with Crippen molar-refractivity contribution in [3.05, 3.63) is 24.3 Å². The molecule has 2 aromatic heterocycles. The Morgan fingerprint density at radius 2 is 2.03 bits per heavy atom. The smallest absolute Gasteiger partial charge is 0.273 e. The van der Waals surface area contributed by atoms with Crippen LogP contribution in [-0.4, -0.2) is 62.0 Å². The number of hydrogen-bond acceptors (Lipinski definition) is 6. The van der Waals surface area contributed by atoms with Gasteiger partial charge in [0.2, 0.25) is 10.0 Å². The quantitative estimate of drug-likeness (QED) is 0.680. The van der Waals surface area contributed by atoms with Gasteiger partial charge in [0.05, 0.1) is 12.4 Å². The average molecular weight is 422 g/mol. The van der Waals surface area contributed by atoms with E-state index in [1.54, 1.807) is 26.1 Å². The number of piperidine rings is 1. The maximum atomic E-state index is 13.1. The highest BCUT2D eigenvalue weighted by atomic mass is 32.2. The Labute approximate surface area is 170 Å². The molecule has 10 nitrogen and oxygen atoms in total. The van der Waals surface area contributed by atoms with Crippen molar-refractivity contribution >= 4 is 15.9 Å². The van der Waals surface area contributed by atoms with Crippen LogP contribution in [0.5, 0.6) is 0 Å². The largest absolute Gasteiger partial charge is 0.348 e. The summed E-state index contributed by atoms with van der Waals surface area (Å²) >= 11 is 0. The van der Waals surface area contributed by atoms with Crippen molar-refractivity contribution in [3.63, 3.8) is 0 Å². The van der Waals surface area contributed by atoms with Crippen molar-refractivity contribution in [2.24, 2.45) is 0 Å². The maximum absolute atomic E-state index is 13.1. The molecule has 0 radical (unpaired) electrons.